The summed E-state index contributed by atoms with van der Waals surface area (Å²) >= 11 is 5.75. The molecule has 0 aliphatic rings. The Bertz CT molecular complexity index is 502. The lowest BCUT2D eigenvalue weighted by Crippen LogP contribution is -1.85. The van der Waals surface area contributed by atoms with Gasteiger partial charge in [-0.05, 0) is 12.1 Å². The predicted molar refractivity (Wildman–Crippen MR) is 49.3 cm³/mol. The summed E-state index contributed by atoms with van der Waals surface area (Å²) in [5.41, 5.74) is 1.13. The van der Waals surface area contributed by atoms with Crippen LogP contribution >= 0.6 is 11.6 Å². The Morgan fingerprint density at radius 2 is 2.31 bits per heavy atom. The molecule has 0 aliphatic carbocycles. The van der Waals surface area contributed by atoms with Crippen LogP contribution in [0.5, 0.6) is 0 Å². The van der Waals surface area contributed by atoms with Crippen LogP contribution in [-0.2, 0) is 0 Å². The molecule has 3 nitrogen and oxygen atoms in total. The standard InChI is InChI=1S/C9H4ClN3/c10-9-6(4-11)3-7-5-12-2-1-8(7)13-9/h1-3,5H. The summed E-state index contributed by atoms with van der Waals surface area (Å²) in [4.78, 5) is 7.97. The van der Waals surface area contributed by atoms with E-state index in [0.29, 0.717) is 5.56 Å². The lowest BCUT2D eigenvalue weighted by Gasteiger charge is -1.97. The highest BCUT2D eigenvalue weighted by molar-refractivity contribution is 6.31. The number of nitrogens with zero attached hydrogens (tertiary/aromatic N) is 3. The first kappa shape index (κ1) is 7.96. The molecule has 2 rings (SSSR count). The van der Waals surface area contributed by atoms with E-state index >= 15 is 0 Å². The largest absolute Gasteiger partial charge is 0.264 e. The number of hydrogen-bond acceptors (Lipinski definition) is 3. The second-order valence-corrected chi connectivity index (χ2v) is 2.86. The van der Waals surface area contributed by atoms with Gasteiger partial charge in [0.25, 0.3) is 0 Å². The highest BCUT2D eigenvalue weighted by Gasteiger charge is 2.02. The Labute approximate surface area is 79.6 Å². The SMILES string of the molecule is N#Cc1cc2cnccc2nc1Cl. The quantitative estimate of drug-likeness (QED) is 0.597. The fraction of sp³-hybridized carbons (Fsp3) is 0. The van der Waals surface area contributed by atoms with Gasteiger partial charge in [0, 0.05) is 17.8 Å². The van der Waals surface area contributed by atoms with Crippen molar-refractivity contribution in [3.63, 3.8) is 0 Å². The molecule has 0 aromatic carbocycles. The number of nitriles is 1. The van der Waals surface area contributed by atoms with Crippen molar-refractivity contribution in [2.75, 3.05) is 0 Å². The van der Waals surface area contributed by atoms with Gasteiger partial charge >= 0.3 is 0 Å². The van der Waals surface area contributed by atoms with Gasteiger partial charge in [0.2, 0.25) is 0 Å². The van der Waals surface area contributed by atoms with Crippen LogP contribution in [0.25, 0.3) is 10.9 Å². The molecule has 0 N–H and O–H groups in total. The van der Waals surface area contributed by atoms with Gasteiger partial charge in [0.05, 0.1) is 11.1 Å². The van der Waals surface area contributed by atoms with E-state index < -0.39 is 0 Å². The fourth-order valence-electron chi connectivity index (χ4n) is 1.07. The molecule has 0 unspecified atom stereocenters. The van der Waals surface area contributed by atoms with Crippen LogP contribution in [0.3, 0.4) is 0 Å². The topological polar surface area (TPSA) is 49.6 Å². The molecular weight excluding hydrogens is 186 g/mol. The van der Waals surface area contributed by atoms with Gasteiger partial charge in [-0.1, -0.05) is 11.6 Å². The molecule has 0 atom stereocenters. The number of rotatable bonds is 0. The van der Waals surface area contributed by atoms with Crippen LogP contribution < -0.4 is 0 Å². The molecule has 0 bridgehead atoms. The maximum absolute atomic E-state index is 8.68. The van der Waals surface area contributed by atoms with E-state index in [2.05, 4.69) is 9.97 Å². The first-order chi connectivity index (χ1) is 6.31. The van der Waals surface area contributed by atoms with Crippen molar-refractivity contribution >= 4 is 22.5 Å². The molecule has 0 radical (unpaired) electrons. The average molecular weight is 190 g/mol. The third-order valence-corrected chi connectivity index (χ3v) is 1.98. The molecule has 4 heteroatoms. The highest BCUT2D eigenvalue weighted by Crippen LogP contribution is 2.18. The molecule has 0 saturated carbocycles. The number of fused-ring (bicyclic) bond motifs is 1. The van der Waals surface area contributed by atoms with Crippen LogP contribution in [0.2, 0.25) is 5.15 Å². The zero-order valence-corrected chi connectivity index (χ0v) is 7.28. The van der Waals surface area contributed by atoms with Crippen LogP contribution in [0.1, 0.15) is 5.56 Å². The molecule has 2 aromatic heterocycles. The molecule has 2 heterocycles. The van der Waals surface area contributed by atoms with Gasteiger partial charge in [-0.3, -0.25) is 4.98 Å². The van der Waals surface area contributed by atoms with Gasteiger partial charge in [0.15, 0.2) is 0 Å². The second-order valence-electron chi connectivity index (χ2n) is 2.51. The molecule has 62 valence electrons. The Hall–Kier alpha value is -1.66. The van der Waals surface area contributed by atoms with Crippen molar-refractivity contribution in [2.24, 2.45) is 0 Å². The number of halogens is 1. The van der Waals surface area contributed by atoms with E-state index in [1.165, 1.54) is 0 Å². The van der Waals surface area contributed by atoms with Gasteiger partial charge in [-0.25, -0.2) is 4.98 Å². The molecule has 13 heavy (non-hydrogen) atoms. The molecule has 0 saturated heterocycles. The Balaban J connectivity index is 2.83. The summed E-state index contributed by atoms with van der Waals surface area (Å²) in [5, 5.41) is 9.74. The van der Waals surface area contributed by atoms with E-state index in [1.54, 1.807) is 24.5 Å². The number of hydrogen-bond donors (Lipinski definition) is 0. The van der Waals surface area contributed by atoms with Gasteiger partial charge in [0.1, 0.15) is 11.2 Å². The lowest BCUT2D eigenvalue weighted by atomic mass is 10.2. The van der Waals surface area contributed by atoms with Gasteiger partial charge in [-0.2, -0.15) is 5.26 Å². The molecular formula is C9H4ClN3. The second kappa shape index (κ2) is 3.00. The minimum atomic E-state index is 0.237. The highest BCUT2D eigenvalue weighted by atomic mass is 35.5. The first-order valence-corrected chi connectivity index (χ1v) is 3.99. The summed E-state index contributed by atoms with van der Waals surface area (Å²) in [6.45, 7) is 0. The van der Waals surface area contributed by atoms with E-state index in [0.717, 1.165) is 10.9 Å². The zero-order valence-electron chi connectivity index (χ0n) is 6.53. The average Bonchev–Trinajstić information content (AvgIpc) is 2.17. The summed E-state index contributed by atoms with van der Waals surface area (Å²) in [6.07, 6.45) is 3.29. The van der Waals surface area contributed by atoms with E-state index in [1.807, 2.05) is 6.07 Å². The Kier molecular flexibility index (Phi) is 1.84. The van der Waals surface area contributed by atoms with Gasteiger partial charge < -0.3 is 0 Å². The fourth-order valence-corrected chi connectivity index (χ4v) is 1.26. The van der Waals surface area contributed by atoms with Crippen molar-refractivity contribution in [1.29, 1.82) is 5.26 Å². The monoisotopic (exact) mass is 189 g/mol. The van der Waals surface area contributed by atoms with Crippen molar-refractivity contribution < 1.29 is 0 Å². The van der Waals surface area contributed by atoms with Crippen molar-refractivity contribution in [3.8, 4) is 6.07 Å². The maximum Gasteiger partial charge on any atom is 0.147 e. The van der Waals surface area contributed by atoms with Crippen molar-refractivity contribution in [1.82, 2.24) is 9.97 Å². The Morgan fingerprint density at radius 1 is 1.46 bits per heavy atom. The van der Waals surface area contributed by atoms with Crippen LogP contribution in [0, 0.1) is 11.3 Å². The molecule has 0 fully saturated rings. The Morgan fingerprint density at radius 3 is 3.08 bits per heavy atom. The third kappa shape index (κ3) is 1.32. The first-order valence-electron chi connectivity index (χ1n) is 3.61. The number of aromatic nitrogens is 2. The predicted octanol–water partition coefficient (Wildman–Crippen LogP) is 2.15. The van der Waals surface area contributed by atoms with Crippen molar-refractivity contribution in [3.05, 3.63) is 35.2 Å². The number of pyridine rings is 2. The third-order valence-electron chi connectivity index (χ3n) is 1.69. The summed E-state index contributed by atoms with van der Waals surface area (Å²) < 4.78 is 0. The normalized spacial score (nSPS) is 9.85. The van der Waals surface area contributed by atoms with E-state index in [-0.39, 0.29) is 5.15 Å². The molecule has 0 aliphatic heterocycles. The molecule has 2 aromatic rings. The van der Waals surface area contributed by atoms with Crippen LogP contribution in [-0.4, -0.2) is 9.97 Å². The zero-order chi connectivity index (χ0) is 9.26. The van der Waals surface area contributed by atoms with E-state index in [9.17, 15) is 0 Å². The maximum atomic E-state index is 8.68. The minimum absolute atomic E-state index is 0.237. The van der Waals surface area contributed by atoms with Crippen molar-refractivity contribution in [2.45, 2.75) is 0 Å². The summed E-state index contributed by atoms with van der Waals surface area (Å²) in [6, 6.07) is 5.40. The van der Waals surface area contributed by atoms with Gasteiger partial charge in [-0.15, -0.1) is 0 Å². The smallest absolute Gasteiger partial charge is 0.147 e. The molecule has 0 amide bonds. The van der Waals surface area contributed by atoms with Crippen LogP contribution in [0.4, 0.5) is 0 Å². The van der Waals surface area contributed by atoms with E-state index in [4.69, 9.17) is 16.9 Å². The molecule has 0 spiro atoms. The summed E-state index contributed by atoms with van der Waals surface area (Å²) in [5.74, 6) is 0. The minimum Gasteiger partial charge on any atom is -0.264 e. The van der Waals surface area contributed by atoms with Crippen LogP contribution in [0.15, 0.2) is 24.5 Å². The summed E-state index contributed by atoms with van der Waals surface area (Å²) in [7, 11) is 0. The lowest BCUT2D eigenvalue weighted by molar-refractivity contribution is 1.31.